The summed E-state index contributed by atoms with van der Waals surface area (Å²) >= 11 is 0. The highest BCUT2D eigenvalue weighted by atomic mass is 19.1. The Labute approximate surface area is 65.3 Å². The molecule has 0 bridgehead atoms. The van der Waals surface area contributed by atoms with Crippen LogP contribution < -0.4 is 5.73 Å². The molecule has 1 rings (SSSR count). The molecule has 1 aliphatic carbocycles. The first kappa shape index (κ1) is 8.65. The number of halogens is 2. The van der Waals surface area contributed by atoms with Gasteiger partial charge in [-0.05, 0) is 6.08 Å². The summed E-state index contributed by atoms with van der Waals surface area (Å²) in [7, 11) is 0. The van der Waals surface area contributed by atoms with Crippen molar-refractivity contribution in [3.05, 3.63) is 11.9 Å². The van der Waals surface area contributed by atoms with E-state index in [4.69, 9.17) is 5.73 Å². The molecule has 0 amide bonds. The van der Waals surface area contributed by atoms with Crippen LogP contribution in [0.3, 0.4) is 0 Å². The molecule has 0 spiro atoms. The zero-order chi connectivity index (χ0) is 8.59. The van der Waals surface area contributed by atoms with Crippen molar-refractivity contribution < 1.29 is 8.78 Å². The summed E-state index contributed by atoms with van der Waals surface area (Å²) in [4.78, 5) is 0. The summed E-state index contributed by atoms with van der Waals surface area (Å²) in [6.07, 6.45) is -0.195. The van der Waals surface area contributed by atoms with Crippen molar-refractivity contribution in [2.45, 2.75) is 26.1 Å². The average molecular weight is 161 g/mol. The molecule has 0 heterocycles. The first-order chi connectivity index (χ1) is 5.04. The zero-order valence-corrected chi connectivity index (χ0v) is 6.72. The quantitative estimate of drug-likeness (QED) is 0.576. The van der Waals surface area contributed by atoms with Crippen LogP contribution in [-0.2, 0) is 0 Å². The van der Waals surface area contributed by atoms with Gasteiger partial charge in [0.1, 0.15) is 12.0 Å². The van der Waals surface area contributed by atoms with Crippen LogP contribution in [-0.4, -0.2) is 12.2 Å². The third-order valence-corrected chi connectivity index (χ3v) is 2.44. The highest BCUT2D eigenvalue weighted by Gasteiger charge is 2.33. The van der Waals surface area contributed by atoms with Crippen molar-refractivity contribution >= 4 is 0 Å². The fraction of sp³-hybridized carbons (Fsp3) is 0.750. The predicted octanol–water partition coefficient (Wildman–Crippen LogP) is 1.79. The molecule has 0 saturated heterocycles. The predicted molar refractivity (Wildman–Crippen MR) is 40.4 cm³/mol. The van der Waals surface area contributed by atoms with E-state index in [2.05, 4.69) is 0 Å². The van der Waals surface area contributed by atoms with Gasteiger partial charge in [0.25, 0.3) is 0 Å². The van der Waals surface area contributed by atoms with Gasteiger partial charge < -0.3 is 5.73 Å². The number of alkyl halides is 1. The average Bonchev–Trinajstić information content (AvgIpc) is 1.97. The van der Waals surface area contributed by atoms with Gasteiger partial charge in [-0.25, -0.2) is 8.78 Å². The van der Waals surface area contributed by atoms with Crippen molar-refractivity contribution in [2.75, 3.05) is 0 Å². The van der Waals surface area contributed by atoms with Gasteiger partial charge in [-0.15, -0.1) is 0 Å². The third kappa shape index (κ3) is 1.43. The summed E-state index contributed by atoms with van der Waals surface area (Å²) in [5, 5.41) is 0. The van der Waals surface area contributed by atoms with Crippen molar-refractivity contribution in [3.63, 3.8) is 0 Å². The fourth-order valence-corrected chi connectivity index (χ4v) is 1.31. The molecule has 4 unspecified atom stereocenters. The maximum Gasteiger partial charge on any atom is 0.125 e. The molecule has 0 aromatic carbocycles. The maximum atomic E-state index is 12.9. The molecule has 1 nitrogen and oxygen atoms in total. The highest BCUT2D eigenvalue weighted by molar-refractivity contribution is 5.11. The van der Waals surface area contributed by atoms with Gasteiger partial charge in [0, 0.05) is 17.9 Å². The molecular formula is C8H13F2N. The molecule has 0 aliphatic heterocycles. The molecule has 11 heavy (non-hydrogen) atoms. The molecule has 0 aromatic rings. The Morgan fingerprint density at radius 1 is 1.45 bits per heavy atom. The first-order valence-electron chi connectivity index (χ1n) is 3.81. The lowest BCUT2D eigenvalue weighted by molar-refractivity contribution is 0.199. The van der Waals surface area contributed by atoms with E-state index in [1.54, 1.807) is 13.8 Å². The van der Waals surface area contributed by atoms with E-state index < -0.39 is 18.0 Å². The van der Waals surface area contributed by atoms with E-state index in [9.17, 15) is 8.78 Å². The van der Waals surface area contributed by atoms with Gasteiger partial charge >= 0.3 is 0 Å². The number of nitrogens with two attached hydrogens (primary N) is 1. The number of hydrogen-bond acceptors (Lipinski definition) is 1. The van der Waals surface area contributed by atoms with Crippen LogP contribution in [0, 0.1) is 11.8 Å². The van der Waals surface area contributed by atoms with Crippen LogP contribution >= 0.6 is 0 Å². The van der Waals surface area contributed by atoms with Gasteiger partial charge in [0.2, 0.25) is 0 Å². The van der Waals surface area contributed by atoms with Crippen molar-refractivity contribution in [1.29, 1.82) is 0 Å². The largest absolute Gasteiger partial charge is 0.327 e. The maximum absolute atomic E-state index is 12.9. The number of rotatable bonds is 0. The minimum Gasteiger partial charge on any atom is -0.327 e. The summed E-state index contributed by atoms with van der Waals surface area (Å²) < 4.78 is 25.6. The van der Waals surface area contributed by atoms with Crippen LogP contribution in [0.2, 0.25) is 0 Å². The molecule has 64 valence electrons. The minimum atomic E-state index is -1.22. The van der Waals surface area contributed by atoms with Gasteiger partial charge in [-0.1, -0.05) is 13.8 Å². The lowest BCUT2D eigenvalue weighted by Crippen LogP contribution is -2.42. The Hall–Kier alpha value is -0.440. The lowest BCUT2D eigenvalue weighted by Gasteiger charge is -2.30. The number of allylic oxidation sites excluding steroid dienone is 1. The topological polar surface area (TPSA) is 26.0 Å². The van der Waals surface area contributed by atoms with Crippen molar-refractivity contribution in [1.82, 2.24) is 0 Å². The summed E-state index contributed by atoms with van der Waals surface area (Å²) in [6, 6.07) is -0.394. The second kappa shape index (κ2) is 2.89. The smallest absolute Gasteiger partial charge is 0.125 e. The van der Waals surface area contributed by atoms with Crippen molar-refractivity contribution in [2.24, 2.45) is 17.6 Å². The monoisotopic (exact) mass is 161 g/mol. The Bertz CT molecular complexity index is 179. The van der Waals surface area contributed by atoms with E-state index in [-0.39, 0.29) is 11.8 Å². The molecular weight excluding hydrogens is 148 g/mol. The summed E-state index contributed by atoms with van der Waals surface area (Å²) in [5.74, 6) is -1.02. The third-order valence-electron chi connectivity index (χ3n) is 2.44. The molecule has 4 atom stereocenters. The minimum absolute atomic E-state index is 0.274. The Morgan fingerprint density at radius 3 is 2.55 bits per heavy atom. The lowest BCUT2D eigenvalue weighted by atomic mass is 9.82. The molecule has 0 fully saturated rings. The van der Waals surface area contributed by atoms with Crippen LogP contribution in [0.1, 0.15) is 13.8 Å². The molecule has 2 N–H and O–H groups in total. The molecule has 0 aromatic heterocycles. The van der Waals surface area contributed by atoms with Crippen LogP contribution in [0.15, 0.2) is 11.9 Å². The van der Waals surface area contributed by atoms with E-state index >= 15 is 0 Å². The van der Waals surface area contributed by atoms with Crippen LogP contribution in [0.25, 0.3) is 0 Å². The highest BCUT2D eigenvalue weighted by Crippen LogP contribution is 2.30. The fourth-order valence-electron chi connectivity index (χ4n) is 1.31. The van der Waals surface area contributed by atoms with E-state index in [1.165, 1.54) is 0 Å². The molecule has 0 saturated carbocycles. The second-order valence-electron chi connectivity index (χ2n) is 3.22. The SMILES string of the molecule is CC1C(F)=CC(F)C(C)C1N. The van der Waals surface area contributed by atoms with E-state index in [0.29, 0.717) is 0 Å². The van der Waals surface area contributed by atoms with Gasteiger partial charge in [-0.2, -0.15) is 0 Å². The van der Waals surface area contributed by atoms with Crippen LogP contribution in [0.4, 0.5) is 8.78 Å². The molecule has 0 radical (unpaired) electrons. The Morgan fingerprint density at radius 2 is 2.00 bits per heavy atom. The zero-order valence-electron chi connectivity index (χ0n) is 6.72. The van der Waals surface area contributed by atoms with Crippen LogP contribution in [0.5, 0.6) is 0 Å². The normalized spacial score (nSPS) is 45.4. The van der Waals surface area contributed by atoms with Gasteiger partial charge in [-0.3, -0.25) is 0 Å². The summed E-state index contributed by atoms with van der Waals surface area (Å²) in [6.45, 7) is 3.38. The Kier molecular flexibility index (Phi) is 2.28. The van der Waals surface area contributed by atoms with Crippen molar-refractivity contribution in [3.8, 4) is 0 Å². The van der Waals surface area contributed by atoms with Gasteiger partial charge in [0.05, 0.1) is 0 Å². The number of hydrogen-bond donors (Lipinski definition) is 1. The molecule has 1 aliphatic rings. The Balaban J connectivity index is 2.83. The molecule has 3 heteroatoms. The standard InChI is InChI=1S/C8H13F2N/c1-4-6(9)3-7(10)5(2)8(4)11/h3-6,8H,11H2,1-2H3. The summed E-state index contributed by atoms with van der Waals surface area (Å²) in [5.41, 5.74) is 5.58. The van der Waals surface area contributed by atoms with Gasteiger partial charge in [0.15, 0.2) is 0 Å². The van der Waals surface area contributed by atoms with E-state index in [1.807, 2.05) is 0 Å². The van der Waals surface area contributed by atoms with E-state index in [0.717, 1.165) is 6.08 Å². The second-order valence-corrected chi connectivity index (χ2v) is 3.22. The first-order valence-corrected chi connectivity index (χ1v) is 3.81.